The molecule has 2 aromatic heterocycles. The Morgan fingerprint density at radius 1 is 1.53 bits per heavy atom. The van der Waals surface area contributed by atoms with Crippen LogP contribution in [0.1, 0.15) is 17.3 Å². The van der Waals surface area contributed by atoms with Crippen molar-refractivity contribution in [3.05, 3.63) is 35.7 Å². The van der Waals surface area contributed by atoms with E-state index in [1.807, 2.05) is 30.8 Å². The number of nitrogens with one attached hydrogen (secondary N) is 1. The highest BCUT2D eigenvalue weighted by Gasteiger charge is 2.05. The third kappa shape index (κ3) is 2.24. The molecule has 2 aromatic rings. The number of aromatic nitrogens is 3. The molecule has 15 heavy (non-hydrogen) atoms. The van der Waals surface area contributed by atoms with E-state index in [1.54, 1.807) is 6.20 Å². The molecule has 2 rings (SSSR count). The van der Waals surface area contributed by atoms with Crippen molar-refractivity contribution in [2.24, 2.45) is 0 Å². The van der Waals surface area contributed by atoms with Crippen LogP contribution >= 0.6 is 0 Å². The molecule has 0 unspecified atom stereocenters. The molecule has 0 fully saturated rings. The van der Waals surface area contributed by atoms with Crippen LogP contribution in [0.25, 0.3) is 0 Å². The molecule has 0 spiro atoms. The van der Waals surface area contributed by atoms with Gasteiger partial charge >= 0.3 is 0 Å². The van der Waals surface area contributed by atoms with E-state index in [0.29, 0.717) is 6.54 Å². The van der Waals surface area contributed by atoms with Gasteiger partial charge in [0.05, 0.1) is 12.2 Å². The van der Waals surface area contributed by atoms with E-state index < -0.39 is 0 Å². The molecule has 1 N–H and O–H groups in total. The van der Waals surface area contributed by atoms with Gasteiger partial charge in [-0.05, 0) is 14.0 Å². The summed E-state index contributed by atoms with van der Waals surface area (Å²) in [6.45, 7) is 3.37. The second kappa shape index (κ2) is 4.27. The third-order valence-corrected chi connectivity index (χ3v) is 2.22. The summed E-state index contributed by atoms with van der Waals surface area (Å²) >= 11 is 0. The molecule has 0 radical (unpaired) electrons. The Bertz CT molecular complexity index is 432. The molecule has 0 aromatic carbocycles. The normalized spacial score (nSPS) is 10.8. The summed E-state index contributed by atoms with van der Waals surface area (Å²) < 4.78 is 7.22. The van der Waals surface area contributed by atoms with E-state index in [9.17, 15) is 0 Å². The Labute approximate surface area is 88.1 Å². The summed E-state index contributed by atoms with van der Waals surface area (Å²) in [5.41, 5.74) is 0.922. The van der Waals surface area contributed by atoms with Crippen molar-refractivity contribution >= 4 is 0 Å². The summed E-state index contributed by atoms with van der Waals surface area (Å²) in [4.78, 5) is 4.14. The van der Waals surface area contributed by atoms with Crippen LogP contribution in [-0.4, -0.2) is 21.8 Å². The minimum atomic E-state index is 0.683. The fraction of sp³-hybridized carbons (Fsp3) is 0.400. The molecule has 5 nitrogen and oxygen atoms in total. The highest BCUT2D eigenvalue weighted by atomic mass is 16.5. The predicted octanol–water partition coefficient (Wildman–Crippen LogP) is 0.947. The van der Waals surface area contributed by atoms with Crippen LogP contribution in [0.3, 0.4) is 0 Å². The molecule has 0 saturated carbocycles. The molecule has 2 heterocycles. The Morgan fingerprint density at radius 2 is 2.40 bits per heavy atom. The maximum atomic E-state index is 5.21. The first-order chi connectivity index (χ1) is 7.29. The molecule has 0 aliphatic carbocycles. The number of hydrogen-bond donors (Lipinski definition) is 1. The van der Waals surface area contributed by atoms with Gasteiger partial charge in [-0.3, -0.25) is 0 Å². The second-order valence-corrected chi connectivity index (χ2v) is 3.42. The maximum Gasteiger partial charge on any atom is 0.156 e. The lowest BCUT2D eigenvalue weighted by Gasteiger charge is -1.99. The standard InChI is InChI=1S/C10H14N4O/c1-8-12-3-4-14(8)7-10-5-9(6-11-2)13-15-10/h3-5,11H,6-7H2,1-2H3. The van der Waals surface area contributed by atoms with Crippen LogP contribution in [0.2, 0.25) is 0 Å². The van der Waals surface area contributed by atoms with Gasteiger partial charge in [-0.2, -0.15) is 0 Å². The third-order valence-electron chi connectivity index (χ3n) is 2.22. The van der Waals surface area contributed by atoms with Gasteiger partial charge in [0, 0.05) is 25.0 Å². The first-order valence-electron chi connectivity index (χ1n) is 4.86. The van der Waals surface area contributed by atoms with Crippen molar-refractivity contribution in [1.29, 1.82) is 0 Å². The van der Waals surface area contributed by atoms with Crippen molar-refractivity contribution in [2.75, 3.05) is 7.05 Å². The Morgan fingerprint density at radius 3 is 3.07 bits per heavy atom. The lowest BCUT2D eigenvalue weighted by atomic mass is 10.3. The second-order valence-electron chi connectivity index (χ2n) is 3.42. The topological polar surface area (TPSA) is 55.9 Å². The Kier molecular flexibility index (Phi) is 2.82. The first-order valence-corrected chi connectivity index (χ1v) is 4.86. The number of hydrogen-bond acceptors (Lipinski definition) is 4. The van der Waals surface area contributed by atoms with E-state index in [1.165, 1.54) is 0 Å². The zero-order valence-corrected chi connectivity index (χ0v) is 8.90. The van der Waals surface area contributed by atoms with Crippen LogP contribution in [-0.2, 0) is 13.1 Å². The van der Waals surface area contributed by atoms with Gasteiger partial charge in [-0.15, -0.1) is 0 Å². The van der Waals surface area contributed by atoms with Gasteiger partial charge < -0.3 is 14.4 Å². The van der Waals surface area contributed by atoms with Crippen LogP contribution in [0.15, 0.2) is 23.0 Å². The van der Waals surface area contributed by atoms with E-state index in [2.05, 4.69) is 15.5 Å². The zero-order valence-electron chi connectivity index (χ0n) is 8.90. The Hall–Kier alpha value is -1.62. The van der Waals surface area contributed by atoms with E-state index in [-0.39, 0.29) is 0 Å². The molecule has 0 aliphatic rings. The van der Waals surface area contributed by atoms with Crippen LogP contribution < -0.4 is 5.32 Å². The zero-order chi connectivity index (χ0) is 10.7. The summed E-state index contributed by atoms with van der Waals surface area (Å²) in [5, 5.41) is 6.97. The van der Waals surface area contributed by atoms with Crippen molar-refractivity contribution < 1.29 is 4.52 Å². The van der Waals surface area contributed by atoms with E-state index in [0.717, 1.165) is 23.8 Å². The monoisotopic (exact) mass is 206 g/mol. The number of imidazole rings is 1. The SMILES string of the molecule is CNCc1cc(Cn2ccnc2C)on1. The van der Waals surface area contributed by atoms with Gasteiger partial charge in [0.1, 0.15) is 5.82 Å². The fourth-order valence-electron chi connectivity index (χ4n) is 1.43. The largest absolute Gasteiger partial charge is 0.359 e. The van der Waals surface area contributed by atoms with Gasteiger partial charge in [-0.1, -0.05) is 5.16 Å². The molecule has 5 heteroatoms. The lowest BCUT2D eigenvalue weighted by Crippen LogP contribution is -2.04. The molecule has 0 atom stereocenters. The fourth-order valence-corrected chi connectivity index (χ4v) is 1.43. The quantitative estimate of drug-likeness (QED) is 0.809. The van der Waals surface area contributed by atoms with Crippen LogP contribution in [0, 0.1) is 6.92 Å². The molecular formula is C10H14N4O. The van der Waals surface area contributed by atoms with E-state index in [4.69, 9.17) is 4.52 Å². The van der Waals surface area contributed by atoms with Gasteiger partial charge in [0.25, 0.3) is 0 Å². The highest BCUT2D eigenvalue weighted by Crippen LogP contribution is 2.07. The summed E-state index contributed by atoms with van der Waals surface area (Å²) in [6.07, 6.45) is 3.70. The van der Waals surface area contributed by atoms with Crippen molar-refractivity contribution in [1.82, 2.24) is 20.0 Å². The number of nitrogens with zero attached hydrogens (tertiary/aromatic N) is 3. The number of rotatable bonds is 4. The summed E-state index contributed by atoms with van der Waals surface area (Å²) in [6, 6.07) is 1.95. The lowest BCUT2D eigenvalue weighted by molar-refractivity contribution is 0.369. The average molecular weight is 206 g/mol. The van der Waals surface area contributed by atoms with Crippen molar-refractivity contribution in [3.8, 4) is 0 Å². The summed E-state index contributed by atoms with van der Waals surface area (Å²) in [5.74, 6) is 1.82. The average Bonchev–Trinajstić information content (AvgIpc) is 2.79. The molecule has 0 bridgehead atoms. The van der Waals surface area contributed by atoms with Crippen LogP contribution in [0.5, 0.6) is 0 Å². The van der Waals surface area contributed by atoms with Crippen molar-refractivity contribution in [3.63, 3.8) is 0 Å². The maximum absolute atomic E-state index is 5.21. The molecular weight excluding hydrogens is 192 g/mol. The molecule has 0 aliphatic heterocycles. The first kappa shape index (κ1) is 9.92. The smallest absolute Gasteiger partial charge is 0.156 e. The Balaban J connectivity index is 2.08. The highest BCUT2D eigenvalue weighted by molar-refractivity contribution is 5.06. The van der Waals surface area contributed by atoms with Crippen LogP contribution in [0.4, 0.5) is 0 Å². The minimum Gasteiger partial charge on any atom is -0.359 e. The van der Waals surface area contributed by atoms with Gasteiger partial charge in [0.15, 0.2) is 5.76 Å². The number of aryl methyl sites for hydroxylation is 1. The minimum absolute atomic E-state index is 0.683. The molecule has 0 amide bonds. The van der Waals surface area contributed by atoms with Gasteiger partial charge in [-0.25, -0.2) is 4.98 Å². The summed E-state index contributed by atoms with van der Waals surface area (Å²) in [7, 11) is 1.88. The van der Waals surface area contributed by atoms with E-state index >= 15 is 0 Å². The van der Waals surface area contributed by atoms with Gasteiger partial charge in [0.2, 0.25) is 0 Å². The predicted molar refractivity (Wildman–Crippen MR) is 55.3 cm³/mol. The molecule has 0 saturated heterocycles. The molecule has 80 valence electrons. The van der Waals surface area contributed by atoms with Crippen molar-refractivity contribution in [2.45, 2.75) is 20.0 Å².